The first-order chi connectivity index (χ1) is 13.3. The van der Waals surface area contributed by atoms with E-state index in [4.69, 9.17) is 4.74 Å². The number of ether oxygens (including phenoxy) is 1. The number of aromatic nitrogens is 1. The highest BCUT2D eigenvalue weighted by molar-refractivity contribution is 7.14. The first-order valence-electron chi connectivity index (χ1n) is 8.98. The second kappa shape index (κ2) is 9.83. The molecule has 3 aromatic rings. The Labute approximate surface area is 162 Å². The molecule has 0 saturated heterocycles. The minimum absolute atomic E-state index is 0.260. The zero-order valence-corrected chi connectivity index (χ0v) is 16.0. The van der Waals surface area contributed by atoms with Gasteiger partial charge in [-0.2, -0.15) is 5.10 Å². The van der Waals surface area contributed by atoms with E-state index in [0.717, 1.165) is 36.1 Å². The smallest absolute Gasteiger partial charge is 0.203 e. The van der Waals surface area contributed by atoms with Crippen LogP contribution in [-0.4, -0.2) is 17.8 Å². The fraction of sp³-hybridized carbons (Fsp3) is 0.238. The maximum absolute atomic E-state index is 13.8. The summed E-state index contributed by atoms with van der Waals surface area (Å²) in [6.07, 6.45) is 4.73. The third kappa shape index (κ3) is 5.62. The zero-order valence-electron chi connectivity index (χ0n) is 15.2. The molecule has 0 saturated carbocycles. The van der Waals surface area contributed by atoms with Gasteiger partial charge < -0.3 is 4.74 Å². The Bertz CT molecular complexity index is 880. The van der Waals surface area contributed by atoms with Crippen molar-refractivity contribution in [2.75, 3.05) is 12.0 Å². The number of anilines is 1. The maximum atomic E-state index is 13.8. The minimum Gasteiger partial charge on any atom is -0.490 e. The van der Waals surface area contributed by atoms with Gasteiger partial charge in [-0.3, -0.25) is 5.43 Å². The summed E-state index contributed by atoms with van der Waals surface area (Å²) in [7, 11) is 0. The Hall–Kier alpha value is -2.73. The number of hydrogen-bond acceptors (Lipinski definition) is 5. The van der Waals surface area contributed by atoms with E-state index >= 15 is 0 Å². The Kier molecular flexibility index (Phi) is 6.93. The number of thiazole rings is 1. The summed E-state index contributed by atoms with van der Waals surface area (Å²) < 4.78 is 19.4. The van der Waals surface area contributed by atoms with Gasteiger partial charge in [-0.05, 0) is 24.1 Å². The lowest BCUT2D eigenvalue weighted by Gasteiger charge is -2.07. The minimum atomic E-state index is -0.357. The van der Waals surface area contributed by atoms with Gasteiger partial charge in [0.2, 0.25) is 5.13 Å². The quantitative estimate of drug-likeness (QED) is 0.281. The van der Waals surface area contributed by atoms with Crippen LogP contribution in [0.3, 0.4) is 0 Å². The number of halogens is 1. The van der Waals surface area contributed by atoms with E-state index in [1.165, 1.54) is 17.4 Å². The van der Waals surface area contributed by atoms with E-state index in [9.17, 15) is 4.39 Å². The molecule has 0 fully saturated rings. The zero-order chi connectivity index (χ0) is 18.9. The summed E-state index contributed by atoms with van der Waals surface area (Å²) in [5.41, 5.74) is 5.65. The van der Waals surface area contributed by atoms with Gasteiger partial charge in [0, 0.05) is 10.9 Å². The highest BCUT2D eigenvalue weighted by Crippen LogP contribution is 2.24. The molecule has 1 heterocycles. The fourth-order valence-electron chi connectivity index (χ4n) is 2.47. The van der Waals surface area contributed by atoms with Crippen molar-refractivity contribution in [3.05, 3.63) is 65.3 Å². The average molecular weight is 383 g/mol. The van der Waals surface area contributed by atoms with Gasteiger partial charge in [0.25, 0.3) is 0 Å². The summed E-state index contributed by atoms with van der Waals surface area (Å²) in [5, 5.41) is 6.87. The van der Waals surface area contributed by atoms with Gasteiger partial charge in [0.15, 0.2) is 11.6 Å². The molecule has 0 bridgehead atoms. The van der Waals surface area contributed by atoms with Crippen molar-refractivity contribution in [2.45, 2.75) is 26.2 Å². The van der Waals surface area contributed by atoms with E-state index in [0.29, 0.717) is 11.7 Å². The third-order valence-corrected chi connectivity index (χ3v) is 4.66. The third-order valence-electron chi connectivity index (χ3n) is 3.91. The van der Waals surface area contributed by atoms with E-state index in [1.807, 2.05) is 35.7 Å². The molecule has 4 nitrogen and oxygen atoms in total. The fourth-order valence-corrected chi connectivity index (χ4v) is 3.14. The molecule has 6 heteroatoms. The van der Waals surface area contributed by atoms with E-state index in [2.05, 4.69) is 22.4 Å². The number of hydrazone groups is 1. The summed E-state index contributed by atoms with van der Waals surface area (Å²) in [4.78, 5) is 4.51. The lowest BCUT2D eigenvalue weighted by atomic mass is 10.2. The molecule has 0 aliphatic carbocycles. The monoisotopic (exact) mass is 383 g/mol. The van der Waals surface area contributed by atoms with Crippen LogP contribution < -0.4 is 10.2 Å². The first kappa shape index (κ1) is 19.0. The number of benzene rings is 2. The van der Waals surface area contributed by atoms with Crippen LogP contribution in [0.2, 0.25) is 0 Å². The Morgan fingerprint density at radius 2 is 2.04 bits per heavy atom. The first-order valence-corrected chi connectivity index (χ1v) is 9.86. The molecule has 1 N–H and O–H groups in total. The van der Waals surface area contributed by atoms with Gasteiger partial charge in [-0.25, -0.2) is 9.37 Å². The van der Waals surface area contributed by atoms with Crippen molar-refractivity contribution in [1.82, 2.24) is 4.98 Å². The number of rotatable bonds is 9. The summed E-state index contributed by atoms with van der Waals surface area (Å²) in [6, 6.07) is 14.7. The number of hydrogen-bond donors (Lipinski definition) is 1. The second-order valence-electron chi connectivity index (χ2n) is 6.02. The molecule has 27 heavy (non-hydrogen) atoms. The molecule has 0 atom stereocenters. The molecule has 140 valence electrons. The van der Waals surface area contributed by atoms with Gasteiger partial charge >= 0.3 is 0 Å². The average Bonchev–Trinajstić information content (AvgIpc) is 3.17. The van der Waals surface area contributed by atoms with Gasteiger partial charge in [-0.15, -0.1) is 11.3 Å². The predicted molar refractivity (Wildman–Crippen MR) is 110 cm³/mol. The maximum Gasteiger partial charge on any atom is 0.203 e. The van der Waals surface area contributed by atoms with Crippen LogP contribution in [0.25, 0.3) is 11.3 Å². The molecular formula is C21H22FN3OS. The van der Waals surface area contributed by atoms with Crippen molar-refractivity contribution >= 4 is 22.7 Å². The van der Waals surface area contributed by atoms with Crippen LogP contribution in [0, 0.1) is 5.82 Å². The molecule has 2 aromatic carbocycles. The normalized spacial score (nSPS) is 11.0. The largest absolute Gasteiger partial charge is 0.490 e. The molecule has 0 radical (unpaired) electrons. The number of nitrogens with one attached hydrogen (secondary N) is 1. The van der Waals surface area contributed by atoms with Gasteiger partial charge in [0.1, 0.15) is 0 Å². The Morgan fingerprint density at radius 3 is 2.85 bits per heavy atom. The topological polar surface area (TPSA) is 46.5 Å². The number of nitrogens with zero attached hydrogens (tertiary/aromatic N) is 2. The lowest BCUT2D eigenvalue weighted by Crippen LogP contribution is -2.00. The van der Waals surface area contributed by atoms with Crippen molar-refractivity contribution in [3.63, 3.8) is 0 Å². The van der Waals surface area contributed by atoms with Crippen molar-refractivity contribution in [2.24, 2.45) is 5.10 Å². The molecule has 0 amide bonds. The van der Waals surface area contributed by atoms with E-state index in [1.54, 1.807) is 18.3 Å². The molecule has 0 spiro atoms. The van der Waals surface area contributed by atoms with Crippen molar-refractivity contribution < 1.29 is 9.13 Å². The highest BCUT2D eigenvalue weighted by atomic mass is 32.1. The molecule has 0 unspecified atom stereocenters. The van der Waals surface area contributed by atoms with E-state index < -0.39 is 0 Å². The summed E-state index contributed by atoms with van der Waals surface area (Å²) in [5.74, 6) is -0.0975. The van der Waals surface area contributed by atoms with Crippen LogP contribution >= 0.6 is 11.3 Å². The standard InChI is InChI=1S/C21H22FN3OS/c1-2-3-7-12-26-20-13-16(10-11-18(20)22)14-23-25-21-24-19(15-27-21)17-8-5-4-6-9-17/h4-6,8-11,13-15H,2-3,7,12H2,1H3,(H,24,25). The molecule has 1 aromatic heterocycles. The molecule has 0 aliphatic rings. The van der Waals surface area contributed by atoms with Crippen LogP contribution in [0.5, 0.6) is 5.75 Å². The van der Waals surface area contributed by atoms with Gasteiger partial charge in [-0.1, -0.05) is 56.2 Å². The van der Waals surface area contributed by atoms with Crippen molar-refractivity contribution in [3.8, 4) is 17.0 Å². The Balaban J connectivity index is 1.59. The van der Waals surface area contributed by atoms with Crippen LogP contribution in [0.15, 0.2) is 59.0 Å². The predicted octanol–water partition coefficient (Wildman–Crippen LogP) is 5.96. The summed E-state index contributed by atoms with van der Waals surface area (Å²) >= 11 is 1.48. The van der Waals surface area contributed by atoms with Gasteiger partial charge in [0.05, 0.1) is 18.5 Å². The molecule has 3 rings (SSSR count). The molecule has 0 aliphatic heterocycles. The highest BCUT2D eigenvalue weighted by Gasteiger charge is 2.05. The SMILES string of the molecule is CCCCCOc1cc(C=NNc2nc(-c3ccccc3)cs2)ccc1F. The van der Waals surface area contributed by atoms with Crippen LogP contribution in [0.4, 0.5) is 9.52 Å². The molecular weight excluding hydrogens is 361 g/mol. The lowest BCUT2D eigenvalue weighted by molar-refractivity contribution is 0.291. The van der Waals surface area contributed by atoms with Crippen molar-refractivity contribution in [1.29, 1.82) is 0 Å². The van der Waals surface area contributed by atoms with E-state index in [-0.39, 0.29) is 11.6 Å². The summed E-state index contributed by atoms with van der Waals surface area (Å²) in [6.45, 7) is 2.64. The second-order valence-corrected chi connectivity index (χ2v) is 6.88. The van der Waals surface area contributed by atoms with Crippen LogP contribution in [-0.2, 0) is 0 Å². The Morgan fingerprint density at radius 1 is 1.19 bits per heavy atom. The number of unbranched alkanes of at least 4 members (excludes halogenated alkanes) is 2. The van der Waals surface area contributed by atoms with Crippen LogP contribution in [0.1, 0.15) is 31.7 Å².